The number of rotatable bonds is 1. The van der Waals surface area contributed by atoms with Gasteiger partial charge in [-0.3, -0.25) is 0 Å². The zero-order chi connectivity index (χ0) is 9.26. The van der Waals surface area contributed by atoms with Crippen molar-refractivity contribution in [1.29, 1.82) is 0 Å². The minimum atomic E-state index is 0.341. The summed E-state index contributed by atoms with van der Waals surface area (Å²) in [4.78, 5) is 8.16. The highest BCUT2D eigenvalue weighted by Crippen LogP contribution is 2.16. The van der Waals surface area contributed by atoms with E-state index in [4.69, 9.17) is 5.73 Å². The maximum absolute atomic E-state index is 5.53. The molecular weight excluding hydrogens is 162 g/mol. The summed E-state index contributed by atoms with van der Waals surface area (Å²) < 4.78 is 0. The highest BCUT2D eigenvalue weighted by atomic mass is 15.0. The molecule has 0 unspecified atom stereocenters. The lowest BCUT2D eigenvalue weighted by Crippen LogP contribution is -1.96. The van der Waals surface area contributed by atoms with E-state index >= 15 is 0 Å². The van der Waals surface area contributed by atoms with Gasteiger partial charge in [-0.1, -0.05) is 25.1 Å². The molecule has 0 atom stereocenters. The fourth-order valence-electron chi connectivity index (χ4n) is 1.42. The minimum absolute atomic E-state index is 0.341. The summed E-state index contributed by atoms with van der Waals surface area (Å²) in [6, 6.07) is 6.07. The number of benzene rings is 1. The predicted molar refractivity (Wildman–Crippen MR) is 53.3 cm³/mol. The number of nitrogens with two attached hydrogens (primary N) is 1. The van der Waals surface area contributed by atoms with E-state index in [1.165, 1.54) is 5.56 Å². The molecule has 0 amide bonds. The summed E-state index contributed by atoms with van der Waals surface area (Å²) in [7, 11) is 0. The molecule has 2 rings (SSSR count). The minimum Gasteiger partial charge on any atom is -0.368 e. The first-order chi connectivity index (χ1) is 6.31. The van der Waals surface area contributed by atoms with Crippen molar-refractivity contribution in [2.45, 2.75) is 13.3 Å². The van der Waals surface area contributed by atoms with Crippen LogP contribution in [0.1, 0.15) is 12.5 Å². The van der Waals surface area contributed by atoms with Gasteiger partial charge in [0.25, 0.3) is 0 Å². The molecular formula is C10H11N3. The number of hydrogen-bond donors (Lipinski definition) is 1. The first kappa shape index (κ1) is 7.98. The van der Waals surface area contributed by atoms with E-state index in [1.54, 1.807) is 6.20 Å². The van der Waals surface area contributed by atoms with Gasteiger partial charge in [0.05, 0.1) is 5.52 Å². The van der Waals surface area contributed by atoms with Crippen LogP contribution < -0.4 is 5.73 Å². The van der Waals surface area contributed by atoms with Crippen molar-refractivity contribution in [3.63, 3.8) is 0 Å². The van der Waals surface area contributed by atoms with Crippen LogP contribution in [0.5, 0.6) is 0 Å². The third kappa shape index (κ3) is 1.33. The summed E-state index contributed by atoms with van der Waals surface area (Å²) in [6.07, 6.45) is 2.73. The number of nitrogen functional groups attached to an aromatic ring is 1. The molecule has 0 aliphatic heterocycles. The van der Waals surface area contributed by atoms with E-state index < -0.39 is 0 Å². The zero-order valence-electron chi connectivity index (χ0n) is 7.49. The maximum Gasteiger partial charge on any atom is 0.220 e. The quantitative estimate of drug-likeness (QED) is 0.715. The van der Waals surface area contributed by atoms with Gasteiger partial charge in [0.15, 0.2) is 0 Å². The number of hydrogen-bond acceptors (Lipinski definition) is 3. The second kappa shape index (κ2) is 3.01. The van der Waals surface area contributed by atoms with Gasteiger partial charge < -0.3 is 5.73 Å². The van der Waals surface area contributed by atoms with Crippen LogP contribution in [0.2, 0.25) is 0 Å². The molecule has 0 radical (unpaired) electrons. The normalized spacial score (nSPS) is 10.5. The van der Waals surface area contributed by atoms with Gasteiger partial charge in [0, 0.05) is 11.6 Å². The highest BCUT2D eigenvalue weighted by molar-refractivity contribution is 5.81. The largest absolute Gasteiger partial charge is 0.368 e. The van der Waals surface area contributed by atoms with Gasteiger partial charge in [-0.15, -0.1) is 0 Å². The van der Waals surface area contributed by atoms with Crippen LogP contribution in [0.25, 0.3) is 10.9 Å². The van der Waals surface area contributed by atoms with E-state index in [2.05, 4.69) is 23.0 Å². The zero-order valence-corrected chi connectivity index (χ0v) is 7.49. The highest BCUT2D eigenvalue weighted by Gasteiger charge is 2.00. The predicted octanol–water partition coefficient (Wildman–Crippen LogP) is 1.77. The van der Waals surface area contributed by atoms with Crippen molar-refractivity contribution in [1.82, 2.24) is 9.97 Å². The van der Waals surface area contributed by atoms with Crippen molar-refractivity contribution in [3.05, 3.63) is 30.0 Å². The number of aryl methyl sites for hydroxylation is 1. The number of anilines is 1. The van der Waals surface area contributed by atoms with Gasteiger partial charge >= 0.3 is 0 Å². The Morgan fingerprint density at radius 3 is 3.00 bits per heavy atom. The molecule has 0 saturated heterocycles. The molecule has 0 saturated carbocycles. The molecule has 0 fully saturated rings. The first-order valence-electron chi connectivity index (χ1n) is 4.31. The average Bonchev–Trinajstić information content (AvgIpc) is 2.17. The van der Waals surface area contributed by atoms with Crippen LogP contribution in [0.15, 0.2) is 24.4 Å². The molecule has 2 aromatic rings. The molecule has 3 heteroatoms. The van der Waals surface area contributed by atoms with Crippen molar-refractivity contribution in [2.24, 2.45) is 0 Å². The van der Waals surface area contributed by atoms with Crippen molar-refractivity contribution >= 4 is 16.9 Å². The number of nitrogens with zero attached hydrogens (tertiary/aromatic N) is 2. The summed E-state index contributed by atoms with van der Waals surface area (Å²) in [5.41, 5.74) is 7.71. The molecule has 1 heterocycles. The van der Waals surface area contributed by atoms with E-state index in [1.807, 2.05) is 12.1 Å². The molecule has 3 nitrogen and oxygen atoms in total. The van der Waals surface area contributed by atoms with Gasteiger partial charge in [0.2, 0.25) is 5.95 Å². The third-order valence-corrected chi connectivity index (χ3v) is 2.09. The van der Waals surface area contributed by atoms with Gasteiger partial charge in [0.1, 0.15) is 0 Å². The average molecular weight is 173 g/mol. The fraction of sp³-hybridized carbons (Fsp3) is 0.200. The van der Waals surface area contributed by atoms with Gasteiger partial charge in [-0.2, -0.15) is 0 Å². The summed E-state index contributed by atoms with van der Waals surface area (Å²) >= 11 is 0. The second-order valence-electron chi connectivity index (χ2n) is 2.94. The van der Waals surface area contributed by atoms with Crippen molar-refractivity contribution in [2.75, 3.05) is 5.73 Å². The summed E-state index contributed by atoms with van der Waals surface area (Å²) in [6.45, 7) is 2.10. The monoisotopic (exact) mass is 173 g/mol. The van der Waals surface area contributed by atoms with Crippen LogP contribution in [-0.2, 0) is 6.42 Å². The van der Waals surface area contributed by atoms with E-state index in [-0.39, 0.29) is 0 Å². The van der Waals surface area contributed by atoms with Crippen molar-refractivity contribution < 1.29 is 0 Å². The van der Waals surface area contributed by atoms with E-state index in [0.717, 1.165) is 17.3 Å². The lowest BCUT2D eigenvalue weighted by atomic mass is 10.1. The van der Waals surface area contributed by atoms with Gasteiger partial charge in [-0.25, -0.2) is 9.97 Å². The van der Waals surface area contributed by atoms with E-state index in [9.17, 15) is 0 Å². The summed E-state index contributed by atoms with van der Waals surface area (Å²) in [5.74, 6) is 0.341. The Morgan fingerprint density at radius 2 is 2.23 bits per heavy atom. The second-order valence-corrected chi connectivity index (χ2v) is 2.94. The van der Waals surface area contributed by atoms with Crippen LogP contribution in [0, 0.1) is 0 Å². The lowest BCUT2D eigenvalue weighted by molar-refractivity contribution is 1.13. The molecule has 2 N–H and O–H groups in total. The Balaban J connectivity index is 2.79. The van der Waals surface area contributed by atoms with Crippen LogP contribution in [0.4, 0.5) is 5.95 Å². The van der Waals surface area contributed by atoms with Crippen LogP contribution in [0.3, 0.4) is 0 Å². The Kier molecular flexibility index (Phi) is 1.85. The van der Waals surface area contributed by atoms with Gasteiger partial charge in [-0.05, 0) is 12.0 Å². The van der Waals surface area contributed by atoms with Crippen LogP contribution >= 0.6 is 0 Å². The molecule has 0 aliphatic carbocycles. The Morgan fingerprint density at radius 1 is 1.38 bits per heavy atom. The lowest BCUT2D eigenvalue weighted by Gasteiger charge is -2.02. The smallest absolute Gasteiger partial charge is 0.220 e. The Labute approximate surface area is 76.6 Å². The van der Waals surface area contributed by atoms with Crippen molar-refractivity contribution in [3.8, 4) is 0 Å². The Bertz CT molecular complexity index is 437. The molecule has 0 spiro atoms. The summed E-state index contributed by atoms with van der Waals surface area (Å²) in [5, 5.41) is 1.05. The number of aromatic nitrogens is 2. The van der Waals surface area contributed by atoms with E-state index in [0.29, 0.717) is 5.95 Å². The number of para-hydroxylation sites is 1. The fourth-order valence-corrected chi connectivity index (χ4v) is 1.42. The number of fused-ring (bicyclic) bond motifs is 1. The molecule has 1 aromatic carbocycles. The topological polar surface area (TPSA) is 51.8 Å². The van der Waals surface area contributed by atoms with Crippen LogP contribution in [-0.4, -0.2) is 9.97 Å². The molecule has 1 aromatic heterocycles. The SMILES string of the molecule is CCc1cccc2cnc(N)nc12. The third-order valence-electron chi connectivity index (χ3n) is 2.09. The molecule has 0 aliphatic rings. The standard InChI is InChI=1S/C10H11N3/c1-2-7-4-3-5-8-6-12-10(11)13-9(7)8/h3-6H,2H2,1H3,(H2,11,12,13). The maximum atomic E-state index is 5.53. The molecule has 13 heavy (non-hydrogen) atoms. The Hall–Kier alpha value is -1.64. The molecule has 66 valence electrons. The first-order valence-corrected chi connectivity index (χ1v) is 4.31. The molecule has 0 bridgehead atoms.